The minimum Gasteiger partial charge on any atom is -0.493 e. The summed E-state index contributed by atoms with van der Waals surface area (Å²) < 4.78 is 24.2. The predicted molar refractivity (Wildman–Crippen MR) is 81.8 cm³/mol. The molecule has 2 rings (SSSR count). The lowest BCUT2D eigenvalue weighted by atomic mass is 10.1. The van der Waals surface area contributed by atoms with Crippen molar-refractivity contribution in [3.8, 4) is 11.5 Å². The fraction of sp³-hybridized carbons (Fsp3) is 0.235. The Kier molecular flexibility index (Phi) is 4.99. The lowest BCUT2D eigenvalue weighted by molar-refractivity contribution is 0.0935. The van der Waals surface area contributed by atoms with Gasteiger partial charge in [-0.3, -0.25) is 4.79 Å². The zero-order valence-corrected chi connectivity index (χ0v) is 12.7. The Hall–Kier alpha value is -2.56. The van der Waals surface area contributed by atoms with E-state index in [9.17, 15) is 9.18 Å². The molecular formula is C17H18FNO3. The molecule has 4 nitrogen and oxygen atoms in total. The maximum Gasteiger partial charge on any atom is 0.255 e. The van der Waals surface area contributed by atoms with Crippen LogP contribution in [0.25, 0.3) is 0 Å². The third-order valence-corrected chi connectivity index (χ3v) is 3.37. The van der Waals surface area contributed by atoms with Crippen molar-refractivity contribution in [2.24, 2.45) is 0 Å². The van der Waals surface area contributed by atoms with Gasteiger partial charge < -0.3 is 14.8 Å². The van der Waals surface area contributed by atoms with E-state index in [4.69, 9.17) is 9.47 Å². The summed E-state index contributed by atoms with van der Waals surface area (Å²) in [5.41, 5.74) is 0.766. The Bertz CT molecular complexity index is 673. The Labute approximate surface area is 128 Å². The Morgan fingerprint density at radius 1 is 1.09 bits per heavy atom. The molecule has 0 spiro atoms. The number of rotatable bonds is 5. The van der Waals surface area contributed by atoms with Crippen LogP contribution in [0.3, 0.4) is 0 Å². The molecule has 5 heteroatoms. The molecule has 1 amide bonds. The van der Waals surface area contributed by atoms with E-state index in [1.807, 2.05) is 0 Å². The number of nitrogens with one attached hydrogen (secondary N) is 1. The zero-order chi connectivity index (χ0) is 16.1. The number of hydrogen-bond acceptors (Lipinski definition) is 3. The van der Waals surface area contributed by atoms with Gasteiger partial charge in [-0.25, -0.2) is 4.39 Å². The van der Waals surface area contributed by atoms with Crippen molar-refractivity contribution in [1.29, 1.82) is 0 Å². The number of carbonyl (C=O) groups excluding carboxylic acids is 1. The van der Waals surface area contributed by atoms with Gasteiger partial charge in [0.05, 0.1) is 25.8 Å². The van der Waals surface area contributed by atoms with Crippen LogP contribution in [0, 0.1) is 5.82 Å². The molecule has 2 aromatic rings. The molecule has 0 aliphatic heterocycles. The van der Waals surface area contributed by atoms with Gasteiger partial charge in [0.2, 0.25) is 0 Å². The van der Waals surface area contributed by atoms with Crippen LogP contribution in [-0.2, 0) is 0 Å². The molecule has 1 atom stereocenters. The monoisotopic (exact) mass is 303 g/mol. The normalized spacial score (nSPS) is 11.6. The molecule has 0 saturated heterocycles. The average Bonchev–Trinajstić information content (AvgIpc) is 2.54. The Morgan fingerprint density at radius 3 is 2.45 bits per heavy atom. The summed E-state index contributed by atoms with van der Waals surface area (Å²) in [4.78, 5) is 12.4. The van der Waals surface area contributed by atoms with Crippen molar-refractivity contribution < 1.29 is 18.7 Å². The van der Waals surface area contributed by atoms with Crippen molar-refractivity contribution in [3.63, 3.8) is 0 Å². The van der Waals surface area contributed by atoms with Crippen LogP contribution in [-0.4, -0.2) is 20.1 Å². The van der Waals surface area contributed by atoms with Crippen LogP contribution in [0.2, 0.25) is 0 Å². The Morgan fingerprint density at radius 2 is 1.82 bits per heavy atom. The van der Waals surface area contributed by atoms with Crippen molar-refractivity contribution >= 4 is 5.91 Å². The minimum atomic E-state index is -0.468. The summed E-state index contributed by atoms with van der Waals surface area (Å²) in [6, 6.07) is 10.9. The van der Waals surface area contributed by atoms with Crippen molar-refractivity contribution in [3.05, 3.63) is 59.4 Å². The topological polar surface area (TPSA) is 47.6 Å². The second-order valence-corrected chi connectivity index (χ2v) is 4.76. The van der Waals surface area contributed by atoms with Crippen LogP contribution in [0.15, 0.2) is 42.5 Å². The first kappa shape index (κ1) is 15.8. The molecule has 0 heterocycles. The van der Waals surface area contributed by atoms with Crippen LogP contribution in [0.4, 0.5) is 4.39 Å². The molecule has 0 aliphatic carbocycles. The van der Waals surface area contributed by atoms with Crippen LogP contribution >= 0.6 is 0 Å². The third kappa shape index (κ3) is 3.19. The number of amides is 1. The molecule has 2 aromatic carbocycles. The van der Waals surface area contributed by atoms with E-state index in [0.29, 0.717) is 22.6 Å². The van der Waals surface area contributed by atoms with E-state index in [0.717, 1.165) is 0 Å². The summed E-state index contributed by atoms with van der Waals surface area (Å²) in [6.07, 6.45) is 0. The zero-order valence-electron chi connectivity index (χ0n) is 12.7. The molecule has 1 N–H and O–H groups in total. The van der Waals surface area contributed by atoms with Gasteiger partial charge in [-0.15, -0.1) is 0 Å². The van der Waals surface area contributed by atoms with Crippen LogP contribution in [0.1, 0.15) is 28.9 Å². The quantitative estimate of drug-likeness (QED) is 0.921. The smallest absolute Gasteiger partial charge is 0.255 e. The van der Waals surface area contributed by atoms with Crippen molar-refractivity contribution in [1.82, 2.24) is 5.32 Å². The maximum atomic E-state index is 13.8. The molecule has 0 aliphatic rings. The maximum absolute atomic E-state index is 13.8. The minimum absolute atomic E-state index is 0.338. The highest BCUT2D eigenvalue weighted by Gasteiger charge is 2.19. The molecule has 0 fully saturated rings. The summed E-state index contributed by atoms with van der Waals surface area (Å²) in [5, 5.41) is 2.76. The van der Waals surface area contributed by atoms with Gasteiger partial charge in [-0.1, -0.05) is 24.3 Å². The first-order valence-corrected chi connectivity index (χ1v) is 6.84. The number of hydrogen-bond donors (Lipinski definition) is 1. The van der Waals surface area contributed by atoms with Gasteiger partial charge in [-0.2, -0.15) is 0 Å². The summed E-state index contributed by atoms with van der Waals surface area (Å²) >= 11 is 0. The van der Waals surface area contributed by atoms with Gasteiger partial charge in [0.25, 0.3) is 5.91 Å². The van der Waals surface area contributed by atoms with E-state index < -0.39 is 6.04 Å². The number of para-hydroxylation sites is 1. The van der Waals surface area contributed by atoms with Crippen molar-refractivity contribution in [2.45, 2.75) is 13.0 Å². The number of methoxy groups -OCH3 is 2. The van der Waals surface area contributed by atoms with E-state index in [-0.39, 0.29) is 11.7 Å². The van der Waals surface area contributed by atoms with Gasteiger partial charge in [0.1, 0.15) is 5.82 Å². The van der Waals surface area contributed by atoms with E-state index in [1.165, 1.54) is 20.3 Å². The fourth-order valence-corrected chi connectivity index (χ4v) is 2.24. The highest BCUT2D eigenvalue weighted by molar-refractivity contribution is 5.98. The molecule has 22 heavy (non-hydrogen) atoms. The molecule has 0 unspecified atom stereocenters. The molecule has 0 radical (unpaired) electrons. The summed E-state index contributed by atoms with van der Waals surface area (Å²) in [5.74, 6) is 0.108. The molecule has 0 aromatic heterocycles. The van der Waals surface area contributed by atoms with Gasteiger partial charge in [-0.05, 0) is 25.1 Å². The predicted octanol–water partition coefficient (Wildman–Crippen LogP) is 3.33. The largest absolute Gasteiger partial charge is 0.493 e. The van der Waals surface area contributed by atoms with Gasteiger partial charge in [0.15, 0.2) is 11.5 Å². The van der Waals surface area contributed by atoms with Crippen LogP contribution < -0.4 is 14.8 Å². The second-order valence-electron chi connectivity index (χ2n) is 4.76. The number of benzene rings is 2. The number of halogens is 1. The van der Waals surface area contributed by atoms with Crippen LogP contribution in [0.5, 0.6) is 11.5 Å². The fourth-order valence-electron chi connectivity index (χ4n) is 2.24. The standard InChI is InChI=1S/C17H18FNO3/c1-11(12-7-4-5-9-14(12)18)19-17(20)13-8-6-10-15(21-2)16(13)22-3/h4-11H,1-3H3,(H,19,20)/t11-/m1/s1. The Balaban J connectivity index is 2.25. The lowest BCUT2D eigenvalue weighted by Gasteiger charge is -2.17. The average molecular weight is 303 g/mol. The number of carbonyl (C=O) groups is 1. The summed E-state index contributed by atoms with van der Waals surface area (Å²) in [7, 11) is 2.97. The third-order valence-electron chi connectivity index (χ3n) is 3.37. The van der Waals surface area contributed by atoms with Crippen molar-refractivity contribution in [2.75, 3.05) is 14.2 Å². The second kappa shape index (κ2) is 6.93. The first-order valence-electron chi connectivity index (χ1n) is 6.84. The highest BCUT2D eigenvalue weighted by Crippen LogP contribution is 2.31. The lowest BCUT2D eigenvalue weighted by Crippen LogP contribution is -2.27. The van der Waals surface area contributed by atoms with E-state index in [1.54, 1.807) is 43.3 Å². The first-order chi connectivity index (χ1) is 10.6. The summed E-state index contributed by atoms with van der Waals surface area (Å²) in [6.45, 7) is 1.73. The SMILES string of the molecule is COc1cccc(C(=O)N[C@H](C)c2ccccc2F)c1OC. The molecule has 0 saturated carbocycles. The molecule has 0 bridgehead atoms. The van der Waals surface area contributed by atoms with Gasteiger partial charge in [0, 0.05) is 5.56 Å². The van der Waals surface area contributed by atoms with E-state index >= 15 is 0 Å². The van der Waals surface area contributed by atoms with E-state index in [2.05, 4.69) is 5.32 Å². The van der Waals surface area contributed by atoms with Gasteiger partial charge >= 0.3 is 0 Å². The highest BCUT2D eigenvalue weighted by atomic mass is 19.1. The molecular weight excluding hydrogens is 285 g/mol. The molecule has 116 valence electrons. The number of ether oxygens (including phenoxy) is 2.